The number of ether oxygens (including phenoxy) is 2. The van der Waals surface area contributed by atoms with Gasteiger partial charge in [0.1, 0.15) is 6.04 Å². The second-order valence-corrected chi connectivity index (χ2v) is 7.68. The van der Waals surface area contributed by atoms with E-state index >= 15 is 0 Å². The summed E-state index contributed by atoms with van der Waals surface area (Å²) in [6.07, 6.45) is 1.77. The van der Waals surface area contributed by atoms with Gasteiger partial charge in [0.2, 0.25) is 15.9 Å². The van der Waals surface area contributed by atoms with Gasteiger partial charge in [0.15, 0.2) is 0 Å². The van der Waals surface area contributed by atoms with Crippen molar-refractivity contribution < 1.29 is 22.7 Å². The quantitative estimate of drug-likeness (QED) is 0.536. The van der Waals surface area contributed by atoms with Crippen LogP contribution in [0.25, 0.3) is 0 Å². The van der Waals surface area contributed by atoms with Gasteiger partial charge in [-0.3, -0.25) is 4.79 Å². The zero-order valence-electron chi connectivity index (χ0n) is 14.6. The Labute approximate surface area is 160 Å². The summed E-state index contributed by atoms with van der Waals surface area (Å²) in [4.78, 5) is 11.9. The molecule has 4 N–H and O–H groups in total. The van der Waals surface area contributed by atoms with Crippen molar-refractivity contribution in [3.8, 4) is 0 Å². The Morgan fingerprint density at radius 3 is 2.65 bits per heavy atom. The fraction of sp³-hybridized carbons (Fsp3) is 0.562. The van der Waals surface area contributed by atoms with Crippen LogP contribution in [0.4, 0.5) is 0 Å². The molecule has 2 unspecified atom stereocenters. The summed E-state index contributed by atoms with van der Waals surface area (Å²) in [7, 11) is -2.10. The molecule has 2 atom stereocenters. The maximum atomic E-state index is 12.3. The van der Waals surface area contributed by atoms with E-state index in [1.807, 2.05) is 0 Å². The van der Waals surface area contributed by atoms with Crippen LogP contribution in [0.5, 0.6) is 0 Å². The Morgan fingerprint density at radius 1 is 1.38 bits per heavy atom. The molecule has 0 aliphatic carbocycles. The highest BCUT2D eigenvalue weighted by Gasteiger charge is 2.20. The summed E-state index contributed by atoms with van der Waals surface area (Å²) in [5, 5.41) is 2.68. The Hall–Kier alpha value is -1.23. The fourth-order valence-corrected chi connectivity index (χ4v) is 3.52. The lowest BCUT2D eigenvalue weighted by Crippen LogP contribution is -2.43. The number of benzene rings is 1. The van der Waals surface area contributed by atoms with E-state index in [-0.39, 0.29) is 49.0 Å². The average Bonchev–Trinajstić information content (AvgIpc) is 3.12. The Morgan fingerprint density at radius 2 is 2.08 bits per heavy atom. The molecule has 0 aromatic heterocycles. The second kappa shape index (κ2) is 10.8. The van der Waals surface area contributed by atoms with Crippen molar-refractivity contribution in [1.82, 2.24) is 10.0 Å². The third-order valence-electron chi connectivity index (χ3n) is 3.91. The number of amides is 1. The van der Waals surface area contributed by atoms with Crippen LogP contribution in [0.1, 0.15) is 18.4 Å². The number of sulfonamides is 1. The summed E-state index contributed by atoms with van der Waals surface area (Å²) in [5.41, 5.74) is 6.40. The predicted molar refractivity (Wildman–Crippen MR) is 99.6 cm³/mol. The van der Waals surface area contributed by atoms with Gasteiger partial charge in [0, 0.05) is 26.8 Å². The first-order chi connectivity index (χ1) is 11.9. The van der Waals surface area contributed by atoms with E-state index in [4.69, 9.17) is 15.2 Å². The van der Waals surface area contributed by atoms with Gasteiger partial charge in [-0.1, -0.05) is 12.1 Å². The first-order valence-corrected chi connectivity index (χ1v) is 9.63. The SMILES string of the molecule is COCC(N)C(=O)NCc1ccc(S(=O)(=O)NCC2CCCO2)cc1.Cl. The molecule has 26 heavy (non-hydrogen) atoms. The third-order valence-corrected chi connectivity index (χ3v) is 5.35. The van der Waals surface area contributed by atoms with Crippen LogP contribution >= 0.6 is 12.4 Å². The molecule has 0 saturated carbocycles. The minimum absolute atomic E-state index is 0. The van der Waals surface area contributed by atoms with Gasteiger partial charge in [-0.05, 0) is 30.5 Å². The number of carbonyl (C=O) groups is 1. The number of halogens is 1. The topological polar surface area (TPSA) is 120 Å². The van der Waals surface area contributed by atoms with Crippen molar-refractivity contribution in [2.75, 3.05) is 26.9 Å². The lowest BCUT2D eigenvalue weighted by atomic mass is 10.2. The number of nitrogens with two attached hydrogens (primary N) is 1. The number of hydrogen-bond donors (Lipinski definition) is 3. The molecular formula is C16H26ClN3O5S. The number of hydrogen-bond acceptors (Lipinski definition) is 6. The molecule has 1 aliphatic heterocycles. The number of carbonyl (C=O) groups excluding carboxylic acids is 1. The molecule has 148 valence electrons. The standard InChI is InChI=1S/C16H25N3O5S.ClH/c1-23-11-15(17)16(20)18-9-12-4-6-14(7-5-12)25(21,22)19-10-13-3-2-8-24-13;/h4-7,13,15,19H,2-3,8-11,17H2,1H3,(H,18,20);1H. The van der Waals surface area contributed by atoms with Crippen LogP contribution in [0.3, 0.4) is 0 Å². The highest BCUT2D eigenvalue weighted by Crippen LogP contribution is 2.14. The van der Waals surface area contributed by atoms with E-state index in [0.29, 0.717) is 6.61 Å². The largest absolute Gasteiger partial charge is 0.383 e. The second-order valence-electron chi connectivity index (χ2n) is 5.91. The van der Waals surface area contributed by atoms with Crippen LogP contribution in [-0.4, -0.2) is 53.3 Å². The molecule has 0 bridgehead atoms. The molecular weight excluding hydrogens is 382 g/mol. The summed E-state index contributed by atoms with van der Waals surface area (Å²) >= 11 is 0. The van der Waals surface area contributed by atoms with Crippen molar-refractivity contribution in [1.29, 1.82) is 0 Å². The fourth-order valence-electron chi connectivity index (χ4n) is 2.45. The van der Waals surface area contributed by atoms with Crippen molar-refractivity contribution in [3.05, 3.63) is 29.8 Å². The molecule has 2 rings (SSSR count). The third kappa shape index (κ3) is 6.82. The highest BCUT2D eigenvalue weighted by molar-refractivity contribution is 7.89. The van der Waals surface area contributed by atoms with Crippen LogP contribution in [0.2, 0.25) is 0 Å². The van der Waals surface area contributed by atoms with E-state index < -0.39 is 16.1 Å². The van der Waals surface area contributed by atoms with Gasteiger partial charge in [-0.25, -0.2) is 13.1 Å². The lowest BCUT2D eigenvalue weighted by Gasteiger charge is -2.13. The maximum absolute atomic E-state index is 12.3. The van der Waals surface area contributed by atoms with Crippen LogP contribution in [0, 0.1) is 0 Å². The van der Waals surface area contributed by atoms with E-state index in [9.17, 15) is 13.2 Å². The molecule has 0 spiro atoms. The molecule has 0 radical (unpaired) electrons. The minimum Gasteiger partial charge on any atom is -0.383 e. The summed E-state index contributed by atoms with van der Waals surface area (Å²) in [6, 6.07) is 5.60. The zero-order valence-corrected chi connectivity index (χ0v) is 16.3. The molecule has 1 aromatic carbocycles. The molecule has 1 fully saturated rings. The Bertz CT molecular complexity index is 663. The van der Waals surface area contributed by atoms with E-state index in [1.165, 1.54) is 19.2 Å². The van der Waals surface area contributed by atoms with Crippen molar-refractivity contribution in [3.63, 3.8) is 0 Å². The first kappa shape index (κ1) is 22.8. The number of methoxy groups -OCH3 is 1. The molecule has 1 saturated heterocycles. The maximum Gasteiger partial charge on any atom is 0.240 e. The van der Waals surface area contributed by atoms with Crippen molar-refractivity contribution >= 4 is 28.3 Å². The lowest BCUT2D eigenvalue weighted by molar-refractivity contribution is -0.123. The number of rotatable bonds is 9. The van der Waals surface area contributed by atoms with Crippen LogP contribution in [-0.2, 0) is 30.8 Å². The summed E-state index contributed by atoms with van der Waals surface area (Å²) in [6.45, 7) is 1.36. The van der Waals surface area contributed by atoms with E-state index in [2.05, 4.69) is 10.0 Å². The molecule has 1 aromatic rings. The van der Waals surface area contributed by atoms with E-state index in [0.717, 1.165) is 18.4 Å². The van der Waals surface area contributed by atoms with Gasteiger partial charge >= 0.3 is 0 Å². The van der Waals surface area contributed by atoms with Crippen LogP contribution in [0.15, 0.2) is 29.2 Å². The summed E-state index contributed by atoms with van der Waals surface area (Å²) < 4.78 is 37.3. The van der Waals surface area contributed by atoms with Gasteiger partial charge in [-0.15, -0.1) is 12.4 Å². The Kier molecular flexibility index (Phi) is 9.48. The van der Waals surface area contributed by atoms with Crippen molar-refractivity contribution in [2.45, 2.75) is 36.4 Å². The molecule has 1 aliphatic rings. The highest BCUT2D eigenvalue weighted by atomic mass is 35.5. The first-order valence-electron chi connectivity index (χ1n) is 8.15. The number of nitrogens with one attached hydrogen (secondary N) is 2. The monoisotopic (exact) mass is 407 g/mol. The van der Waals surface area contributed by atoms with E-state index in [1.54, 1.807) is 12.1 Å². The summed E-state index contributed by atoms with van der Waals surface area (Å²) in [5.74, 6) is -0.322. The average molecular weight is 408 g/mol. The van der Waals surface area contributed by atoms with Gasteiger partial charge < -0.3 is 20.5 Å². The normalized spacial score (nSPS) is 18.2. The molecule has 10 heteroatoms. The van der Waals surface area contributed by atoms with Crippen molar-refractivity contribution in [2.24, 2.45) is 5.73 Å². The van der Waals surface area contributed by atoms with Crippen LogP contribution < -0.4 is 15.8 Å². The van der Waals surface area contributed by atoms with Gasteiger partial charge in [0.25, 0.3) is 0 Å². The molecule has 1 heterocycles. The zero-order chi connectivity index (χ0) is 18.3. The Balaban J connectivity index is 0.00000338. The molecule has 1 amide bonds. The molecule has 8 nitrogen and oxygen atoms in total. The van der Waals surface area contributed by atoms with Gasteiger partial charge in [0.05, 0.1) is 17.6 Å². The smallest absolute Gasteiger partial charge is 0.240 e. The van der Waals surface area contributed by atoms with Gasteiger partial charge in [-0.2, -0.15) is 0 Å². The predicted octanol–water partition coefficient (Wildman–Crippen LogP) is 0.156. The minimum atomic E-state index is -3.57.